The van der Waals surface area contributed by atoms with Crippen molar-refractivity contribution < 1.29 is 27.9 Å². The molecule has 2 N–H and O–H groups in total. The predicted octanol–water partition coefficient (Wildman–Crippen LogP) is 2.46. The summed E-state index contributed by atoms with van der Waals surface area (Å²) in [4.78, 5) is 22.6. The third kappa shape index (κ3) is 3.84. The highest BCUT2D eigenvalue weighted by Gasteiger charge is 2.35. The van der Waals surface area contributed by atoms with Crippen molar-refractivity contribution in [3.8, 4) is 0 Å². The first kappa shape index (κ1) is 15.7. The lowest BCUT2D eigenvalue weighted by atomic mass is 10.1. The molecule has 7 heteroatoms. The molecule has 1 rings (SSSR count). The van der Waals surface area contributed by atoms with E-state index in [-0.39, 0.29) is 6.42 Å². The smallest absolute Gasteiger partial charge is 0.417 e. The van der Waals surface area contributed by atoms with Crippen LogP contribution in [0.15, 0.2) is 36.9 Å². The number of carbonyl (C=O) groups is 2. The summed E-state index contributed by atoms with van der Waals surface area (Å²) in [5, 5.41) is 10.9. The summed E-state index contributed by atoms with van der Waals surface area (Å²) < 4.78 is 38.2. The topological polar surface area (TPSA) is 66.4 Å². The molecule has 20 heavy (non-hydrogen) atoms. The number of nitrogens with one attached hydrogen (secondary N) is 1. The van der Waals surface area contributed by atoms with Crippen LogP contribution in [0, 0.1) is 0 Å². The van der Waals surface area contributed by atoms with Crippen LogP contribution in [-0.4, -0.2) is 23.0 Å². The van der Waals surface area contributed by atoms with Crippen molar-refractivity contribution in [3.05, 3.63) is 48.0 Å². The minimum atomic E-state index is -4.69. The van der Waals surface area contributed by atoms with Gasteiger partial charge in [0.15, 0.2) is 0 Å². The van der Waals surface area contributed by atoms with E-state index in [0.717, 1.165) is 18.2 Å². The Balaban J connectivity index is 3.04. The van der Waals surface area contributed by atoms with Crippen LogP contribution in [0.3, 0.4) is 0 Å². The number of amides is 1. The number of alkyl halides is 3. The number of rotatable bonds is 5. The molecule has 1 aromatic carbocycles. The fraction of sp³-hybridized carbons (Fsp3) is 0.231. The summed E-state index contributed by atoms with van der Waals surface area (Å²) in [5.41, 5.74) is -1.73. The van der Waals surface area contributed by atoms with Gasteiger partial charge in [0.25, 0.3) is 5.91 Å². The second-order valence-electron chi connectivity index (χ2n) is 3.93. The summed E-state index contributed by atoms with van der Waals surface area (Å²) in [7, 11) is 0. The van der Waals surface area contributed by atoms with E-state index in [4.69, 9.17) is 5.11 Å². The van der Waals surface area contributed by atoms with Gasteiger partial charge in [0, 0.05) is 0 Å². The zero-order valence-corrected chi connectivity index (χ0v) is 10.3. The number of aliphatic carboxylic acids is 1. The van der Waals surface area contributed by atoms with Gasteiger partial charge in [-0.25, -0.2) is 4.79 Å². The van der Waals surface area contributed by atoms with E-state index in [0.29, 0.717) is 0 Å². The molecule has 0 aromatic heterocycles. The van der Waals surface area contributed by atoms with E-state index in [1.165, 1.54) is 12.1 Å². The van der Waals surface area contributed by atoms with Gasteiger partial charge in [-0.1, -0.05) is 18.2 Å². The molecular formula is C13H12F3NO3. The van der Waals surface area contributed by atoms with Crippen molar-refractivity contribution in [1.82, 2.24) is 5.32 Å². The molecule has 1 aromatic rings. The highest BCUT2D eigenvalue weighted by atomic mass is 19.4. The van der Waals surface area contributed by atoms with Crippen LogP contribution in [0.4, 0.5) is 13.2 Å². The van der Waals surface area contributed by atoms with Crippen LogP contribution < -0.4 is 5.32 Å². The molecule has 0 aliphatic rings. The molecule has 1 unspecified atom stereocenters. The van der Waals surface area contributed by atoms with Gasteiger partial charge >= 0.3 is 12.1 Å². The van der Waals surface area contributed by atoms with Gasteiger partial charge in [-0.2, -0.15) is 13.2 Å². The van der Waals surface area contributed by atoms with E-state index in [1.54, 1.807) is 0 Å². The molecule has 0 bridgehead atoms. The Kier molecular flexibility index (Phi) is 4.90. The summed E-state index contributed by atoms with van der Waals surface area (Å²) >= 11 is 0. The first-order valence-corrected chi connectivity index (χ1v) is 5.58. The van der Waals surface area contributed by atoms with Crippen LogP contribution in [0.1, 0.15) is 22.3 Å². The fourth-order valence-electron chi connectivity index (χ4n) is 1.55. The second-order valence-corrected chi connectivity index (χ2v) is 3.93. The van der Waals surface area contributed by atoms with Crippen LogP contribution in [0.25, 0.3) is 0 Å². The number of benzene rings is 1. The SMILES string of the molecule is C=CCC(NC(=O)c1ccccc1C(F)(F)F)C(=O)O. The highest BCUT2D eigenvalue weighted by Crippen LogP contribution is 2.31. The molecule has 0 saturated carbocycles. The van der Waals surface area contributed by atoms with Crippen LogP contribution in [0.2, 0.25) is 0 Å². The first-order chi connectivity index (χ1) is 9.27. The van der Waals surface area contributed by atoms with Crippen LogP contribution >= 0.6 is 0 Å². The minimum absolute atomic E-state index is 0.0880. The van der Waals surface area contributed by atoms with E-state index in [1.807, 2.05) is 5.32 Å². The third-order valence-corrected chi connectivity index (χ3v) is 2.48. The van der Waals surface area contributed by atoms with E-state index < -0.39 is 35.2 Å². The molecule has 108 valence electrons. The van der Waals surface area contributed by atoms with Gasteiger partial charge in [-0.15, -0.1) is 6.58 Å². The van der Waals surface area contributed by atoms with Gasteiger partial charge in [-0.3, -0.25) is 4.79 Å². The molecule has 0 aliphatic carbocycles. The lowest BCUT2D eigenvalue weighted by molar-refractivity contribution is -0.139. The molecular weight excluding hydrogens is 275 g/mol. The summed E-state index contributed by atoms with van der Waals surface area (Å²) in [5.74, 6) is -2.44. The van der Waals surface area contributed by atoms with Gasteiger partial charge < -0.3 is 10.4 Å². The van der Waals surface area contributed by atoms with Crippen LogP contribution in [-0.2, 0) is 11.0 Å². The Labute approximate surface area is 112 Å². The second kappa shape index (κ2) is 6.23. The van der Waals surface area contributed by atoms with Crippen molar-refractivity contribution in [2.24, 2.45) is 0 Å². The monoisotopic (exact) mass is 287 g/mol. The predicted molar refractivity (Wildman–Crippen MR) is 65.1 cm³/mol. The average Bonchev–Trinajstić information content (AvgIpc) is 2.37. The van der Waals surface area contributed by atoms with Gasteiger partial charge in [-0.05, 0) is 18.6 Å². The number of carboxylic acids is 1. The quantitative estimate of drug-likeness (QED) is 0.817. The van der Waals surface area contributed by atoms with Crippen molar-refractivity contribution >= 4 is 11.9 Å². The average molecular weight is 287 g/mol. The van der Waals surface area contributed by atoms with Gasteiger partial charge in [0.05, 0.1) is 11.1 Å². The fourth-order valence-corrected chi connectivity index (χ4v) is 1.55. The maximum Gasteiger partial charge on any atom is 0.417 e. The normalized spacial score (nSPS) is 12.6. The summed E-state index contributed by atoms with van der Waals surface area (Å²) in [6, 6.07) is 2.86. The van der Waals surface area contributed by atoms with Crippen LogP contribution in [0.5, 0.6) is 0 Å². The molecule has 0 radical (unpaired) electrons. The molecule has 1 amide bonds. The van der Waals surface area contributed by atoms with Crippen molar-refractivity contribution in [2.75, 3.05) is 0 Å². The molecule has 1 atom stereocenters. The first-order valence-electron chi connectivity index (χ1n) is 5.58. The van der Waals surface area contributed by atoms with E-state index >= 15 is 0 Å². The van der Waals surface area contributed by atoms with E-state index in [9.17, 15) is 22.8 Å². The Morgan fingerprint density at radius 2 is 1.95 bits per heavy atom. The standard InChI is InChI=1S/C13H12F3NO3/c1-2-5-10(12(19)20)17-11(18)8-6-3-4-7-9(8)13(14,15)16/h2-4,6-7,10H,1,5H2,(H,17,18)(H,19,20). The zero-order chi connectivity index (χ0) is 15.3. The zero-order valence-electron chi connectivity index (χ0n) is 10.3. The summed E-state index contributed by atoms with van der Waals surface area (Å²) in [6.45, 7) is 3.33. The van der Waals surface area contributed by atoms with Crippen molar-refractivity contribution in [2.45, 2.75) is 18.6 Å². The Morgan fingerprint density at radius 1 is 1.35 bits per heavy atom. The Bertz CT molecular complexity index is 526. The number of carboxylic acid groups (broad SMARTS) is 1. The van der Waals surface area contributed by atoms with E-state index in [2.05, 4.69) is 6.58 Å². The number of halogens is 3. The molecule has 0 fully saturated rings. The lowest BCUT2D eigenvalue weighted by Gasteiger charge is -2.15. The number of hydrogen-bond donors (Lipinski definition) is 2. The molecule has 4 nitrogen and oxygen atoms in total. The maximum atomic E-state index is 12.7. The maximum absolute atomic E-state index is 12.7. The Hall–Kier alpha value is -2.31. The number of hydrogen-bond acceptors (Lipinski definition) is 2. The molecule has 0 spiro atoms. The van der Waals surface area contributed by atoms with Gasteiger partial charge in [0.1, 0.15) is 6.04 Å². The number of carbonyl (C=O) groups excluding carboxylic acids is 1. The molecule has 0 saturated heterocycles. The van der Waals surface area contributed by atoms with Crippen molar-refractivity contribution in [3.63, 3.8) is 0 Å². The largest absolute Gasteiger partial charge is 0.480 e. The third-order valence-electron chi connectivity index (χ3n) is 2.48. The van der Waals surface area contributed by atoms with Gasteiger partial charge in [0.2, 0.25) is 0 Å². The lowest BCUT2D eigenvalue weighted by Crippen LogP contribution is -2.41. The Morgan fingerprint density at radius 3 is 2.45 bits per heavy atom. The van der Waals surface area contributed by atoms with Crippen molar-refractivity contribution in [1.29, 1.82) is 0 Å². The molecule has 0 aliphatic heterocycles. The molecule has 0 heterocycles. The summed E-state index contributed by atoms with van der Waals surface area (Å²) in [6.07, 6.45) is -3.52. The minimum Gasteiger partial charge on any atom is -0.480 e. The highest BCUT2D eigenvalue weighted by molar-refractivity contribution is 5.98.